The number of nitrogens with one attached hydrogen (secondary N) is 4. The number of benzene rings is 1. The number of rotatable bonds is 12. The number of carboxylic acid groups (broad SMARTS) is 1. The lowest BCUT2D eigenvalue weighted by molar-refractivity contribution is -0.152. The third kappa shape index (κ3) is 7.71. The summed E-state index contributed by atoms with van der Waals surface area (Å²) >= 11 is 0.703. The first-order valence-corrected chi connectivity index (χ1v) is 15.0. The third-order valence-electron chi connectivity index (χ3n) is 6.48. The second-order valence-electron chi connectivity index (χ2n) is 9.53. The number of ether oxygens (including phenoxy) is 1. The van der Waals surface area contributed by atoms with Crippen LogP contribution in [0.4, 0.5) is 5.13 Å². The maximum atomic E-state index is 13.0. The molecule has 0 aliphatic carbocycles. The van der Waals surface area contributed by atoms with Crippen LogP contribution in [0.1, 0.15) is 31.2 Å². The van der Waals surface area contributed by atoms with Gasteiger partial charge in [0.25, 0.3) is 17.9 Å². The van der Waals surface area contributed by atoms with Gasteiger partial charge in [-0.25, -0.2) is 9.10 Å². The minimum atomic E-state index is -4.83. The van der Waals surface area contributed by atoms with E-state index in [1.165, 1.54) is 6.92 Å². The first-order valence-electron chi connectivity index (χ1n) is 12.8. The predicted molar refractivity (Wildman–Crippen MR) is 151 cm³/mol. The van der Waals surface area contributed by atoms with Crippen molar-refractivity contribution in [2.45, 2.75) is 44.0 Å². The number of aliphatic carboxylic acids is 1. The molecule has 1 unspecified atom stereocenters. The van der Waals surface area contributed by atoms with Crippen LogP contribution in [0.5, 0.6) is 5.75 Å². The van der Waals surface area contributed by atoms with Crippen molar-refractivity contribution in [1.82, 2.24) is 29.6 Å². The molecule has 2 aliphatic rings. The highest BCUT2D eigenvalue weighted by Gasteiger charge is 2.51. The molecule has 4 rings (SSSR count). The molecule has 2 amide bonds. The minimum absolute atomic E-state index is 0.0543. The molecule has 4 atom stereocenters. The van der Waals surface area contributed by atoms with Gasteiger partial charge in [0.05, 0.1) is 6.04 Å². The lowest BCUT2D eigenvalue weighted by Crippen LogP contribution is -2.71. The Kier molecular flexibility index (Phi) is 9.73. The first-order chi connectivity index (χ1) is 20.3. The molecule has 2 aliphatic heterocycles. The number of aromatic nitrogens is 2. The summed E-state index contributed by atoms with van der Waals surface area (Å²) in [6, 6.07) is 4.06. The number of oxime groups is 1. The van der Waals surface area contributed by atoms with E-state index in [0.717, 1.165) is 25.9 Å². The molecule has 0 spiro atoms. The zero-order valence-corrected chi connectivity index (χ0v) is 24.2. The van der Waals surface area contributed by atoms with Crippen LogP contribution in [0.15, 0.2) is 29.4 Å². The number of amides is 2. The van der Waals surface area contributed by atoms with Crippen molar-refractivity contribution in [3.63, 3.8) is 0 Å². The molecule has 1 aromatic heterocycles. The van der Waals surface area contributed by atoms with Gasteiger partial charge in [0.2, 0.25) is 11.5 Å². The zero-order chi connectivity index (χ0) is 31.3. The summed E-state index contributed by atoms with van der Waals surface area (Å²) in [5.41, 5.74) is 5.55. The standard InChI is InChI=1S/C23H29N9O9S2/c1-11-16(21(34)32(11)43(37,38)39)28-20(33)17(19-29-23(25)42-31-19)30-41-15(22(35)36)10-40-14-6-4-12(5-7-14)18(24)27-13-3-2-8-26-9-13/h4-7,11,13,15-16,26H,2-3,8-10H2,1H3,(H2,24,27)(H,28,33)(H,35,36)(H2,25,29,31)(H,37,38,39)/b30-17-/t11-,13+,15?,16-/m0/s1. The van der Waals surface area contributed by atoms with Crippen molar-refractivity contribution in [2.75, 3.05) is 25.4 Å². The Balaban J connectivity index is 1.40. The number of carbonyl (C=O) groups excluding carboxylic acids is 2. The van der Waals surface area contributed by atoms with Crippen molar-refractivity contribution in [2.24, 2.45) is 5.16 Å². The summed E-state index contributed by atoms with van der Waals surface area (Å²) in [6.45, 7) is 2.45. The lowest BCUT2D eigenvalue weighted by Gasteiger charge is -2.42. The summed E-state index contributed by atoms with van der Waals surface area (Å²) < 4.78 is 41.4. The molecule has 0 bridgehead atoms. The monoisotopic (exact) mass is 639 g/mol. The fourth-order valence-corrected chi connectivity index (χ4v) is 5.56. The number of carboxylic acids is 1. The van der Waals surface area contributed by atoms with Crippen LogP contribution in [0.25, 0.3) is 0 Å². The highest BCUT2D eigenvalue weighted by molar-refractivity contribution is 7.84. The van der Waals surface area contributed by atoms with Crippen molar-refractivity contribution in [3.05, 3.63) is 35.7 Å². The Morgan fingerprint density at radius 2 is 2.05 bits per heavy atom. The Hall–Kier alpha value is -4.40. The number of hydrogen-bond acceptors (Lipinski definition) is 14. The van der Waals surface area contributed by atoms with Gasteiger partial charge in [-0.15, -0.1) is 0 Å². The number of nitrogens with zero attached hydrogens (tertiary/aromatic N) is 4. The molecule has 232 valence electrons. The molecule has 18 nitrogen and oxygen atoms in total. The van der Waals surface area contributed by atoms with Crippen LogP contribution in [0, 0.1) is 5.41 Å². The molecule has 2 aromatic rings. The van der Waals surface area contributed by atoms with Crippen LogP contribution >= 0.6 is 11.5 Å². The largest absolute Gasteiger partial charge is 0.489 e. The van der Waals surface area contributed by atoms with E-state index in [-0.39, 0.29) is 32.9 Å². The normalized spacial score (nSPS) is 21.3. The lowest BCUT2D eigenvalue weighted by atomic mass is 10.0. The number of hydrogen-bond donors (Lipinski definition) is 7. The van der Waals surface area contributed by atoms with Crippen LogP contribution < -0.4 is 26.4 Å². The molecular formula is C23H29N9O9S2. The van der Waals surface area contributed by atoms with Crippen LogP contribution in [0.3, 0.4) is 0 Å². The molecule has 43 heavy (non-hydrogen) atoms. The Bertz CT molecular complexity index is 1510. The number of carbonyl (C=O) groups is 3. The van der Waals surface area contributed by atoms with E-state index in [1.807, 2.05) is 0 Å². The van der Waals surface area contributed by atoms with Crippen LogP contribution in [-0.4, -0.2) is 105 Å². The summed E-state index contributed by atoms with van der Waals surface area (Å²) in [5.74, 6) is -3.50. The van der Waals surface area contributed by atoms with Gasteiger partial charge in [-0.2, -0.15) is 17.8 Å². The Morgan fingerprint density at radius 1 is 1.33 bits per heavy atom. The smallest absolute Gasteiger partial charge is 0.362 e. The molecule has 1 aromatic carbocycles. The summed E-state index contributed by atoms with van der Waals surface area (Å²) in [7, 11) is -4.83. The van der Waals surface area contributed by atoms with Crippen molar-refractivity contribution >= 4 is 56.3 Å². The van der Waals surface area contributed by atoms with E-state index in [4.69, 9.17) is 25.3 Å². The maximum Gasteiger partial charge on any atom is 0.362 e. The molecule has 2 saturated heterocycles. The van der Waals surface area contributed by atoms with Gasteiger partial charge in [-0.05, 0) is 50.6 Å². The summed E-state index contributed by atoms with van der Waals surface area (Å²) in [5, 5.41) is 30.1. The van der Waals surface area contributed by atoms with E-state index in [0.29, 0.717) is 17.1 Å². The fourth-order valence-electron chi connectivity index (χ4n) is 4.24. The molecule has 3 heterocycles. The SMILES string of the molecule is C[C@H]1[C@H](NC(=O)/C(=N\OC(COc2ccc(C(=N)N[C@@H]3CCCNC3)cc2)C(=O)O)c2nsc(N)n2)C(=O)N1S(=O)(=O)O. The second kappa shape index (κ2) is 13.3. The Morgan fingerprint density at radius 3 is 2.60 bits per heavy atom. The number of nitrogens with two attached hydrogens (primary N) is 1. The number of anilines is 1. The second-order valence-corrected chi connectivity index (χ2v) is 11.6. The average Bonchev–Trinajstić information content (AvgIpc) is 3.39. The van der Waals surface area contributed by atoms with Crippen LogP contribution in [0.2, 0.25) is 0 Å². The van der Waals surface area contributed by atoms with Crippen molar-refractivity contribution < 1.29 is 42.0 Å². The minimum Gasteiger partial charge on any atom is -0.489 e. The molecule has 2 fully saturated rings. The predicted octanol–water partition coefficient (Wildman–Crippen LogP) is -1.44. The molecular weight excluding hydrogens is 610 g/mol. The van der Waals surface area contributed by atoms with Crippen molar-refractivity contribution in [1.29, 1.82) is 5.41 Å². The van der Waals surface area contributed by atoms with Crippen molar-refractivity contribution in [3.8, 4) is 5.75 Å². The van der Waals surface area contributed by atoms with Gasteiger partial charge < -0.3 is 36.4 Å². The topological polar surface area (TPSA) is 272 Å². The highest BCUT2D eigenvalue weighted by atomic mass is 32.2. The van der Waals surface area contributed by atoms with E-state index < -0.39 is 58.6 Å². The fraction of sp³-hybridized carbons (Fsp3) is 0.435. The maximum absolute atomic E-state index is 13.0. The average molecular weight is 640 g/mol. The van der Waals surface area contributed by atoms with Gasteiger partial charge in [-0.1, -0.05) is 5.16 Å². The molecule has 0 radical (unpaired) electrons. The third-order valence-corrected chi connectivity index (χ3v) is 8.03. The highest BCUT2D eigenvalue weighted by Crippen LogP contribution is 2.23. The van der Waals surface area contributed by atoms with Gasteiger partial charge in [0, 0.05) is 29.7 Å². The molecule has 20 heteroatoms. The van der Waals surface area contributed by atoms with E-state index in [2.05, 4.69) is 30.5 Å². The Labute approximate surface area is 249 Å². The summed E-state index contributed by atoms with van der Waals surface area (Å²) in [4.78, 5) is 45.9. The number of nitrogen functional groups attached to an aromatic ring is 1. The number of piperidine rings is 1. The van der Waals surface area contributed by atoms with Gasteiger partial charge >= 0.3 is 16.3 Å². The van der Waals surface area contributed by atoms with Gasteiger partial charge in [0.1, 0.15) is 24.2 Å². The van der Waals surface area contributed by atoms with Crippen LogP contribution in [-0.2, 0) is 29.5 Å². The molecule has 0 saturated carbocycles. The van der Waals surface area contributed by atoms with Gasteiger partial charge in [0.15, 0.2) is 5.13 Å². The van der Waals surface area contributed by atoms with E-state index in [1.54, 1.807) is 24.3 Å². The van der Waals surface area contributed by atoms with Gasteiger partial charge in [-0.3, -0.25) is 19.6 Å². The summed E-state index contributed by atoms with van der Waals surface area (Å²) in [6.07, 6.45) is 0.260. The zero-order valence-electron chi connectivity index (χ0n) is 22.6. The number of amidine groups is 1. The quantitative estimate of drug-likeness (QED) is 0.0461. The molecule has 8 N–H and O–H groups in total. The first kappa shape index (κ1) is 31.5. The van der Waals surface area contributed by atoms with E-state index >= 15 is 0 Å². The van der Waals surface area contributed by atoms with E-state index in [9.17, 15) is 27.9 Å². The number of β-lactam (4-membered cyclic amide) rings is 1.